The molecule has 0 saturated carbocycles. The molecular weight excluding hydrogens is 580 g/mol. The van der Waals surface area contributed by atoms with Crippen molar-refractivity contribution in [3.8, 4) is 0 Å². The zero-order valence-electron chi connectivity index (χ0n) is 18.4. The molecule has 1 N–H and O–H groups in total. The third kappa shape index (κ3) is 5.43. The molecule has 2 aromatic heterocycles. The van der Waals surface area contributed by atoms with Crippen LogP contribution >= 0.6 is 15.9 Å². The number of halogens is 9. The molecule has 0 bridgehead atoms. The van der Waals surface area contributed by atoms with Gasteiger partial charge in [0, 0.05) is 9.86 Å². The van der Waals surface area contributed by atoms with E-state index in [2.05, 4.69) is 26.0 Å². The molecule has 0 saturated heterocycles. The second kappa shape index (κ2) is 9.39. The first kappa shape index (κ1) is 26.5. The highest BCUT2D eigenvalue weighted by molar-refractivity contribution is 9.10. The van der Waals surface area contributed by atoms with Gasteiger partial charge < -0.3 is 5.32 Å². The van der Waals surface area contributed by atoms with E-state index in [-0.39, 0.29) is 22.2 Å². The number of anilines is 1. The minimum Gasteiger partial charge on any atom is -0.319 e. The average molecular weight is 593 g/mol. The third-order valence-corrected chi connectivity index (χ3v) is 5.83. The number of nitrogens with zero attached hydrogens (tertiary/aromatic N) is 3. The summed E-state index contributed by atoms with van der Waals surface area (Å²) in [5.41, 5.74) is -4.64. The lowest BCUT2D eigenvalue weighted by atomic mass is 10.1. The zero-order valence-corrected chi connectivity index (χ0v) is 20.0. The minimum absolute atomic E-state index is 0.0414. The third-order valence-electron chi connectivity index (χ3n) is 5.34. The molecule has 0 atom stereocenters. The standard InChI is InChI=1S/C23H13BrF8N4O/c1-10-19(20(23(30,31)32)35-36(10)9-11-2-4-15(25)16(26)6-11)34-21(37)14-8-18(22(27,28)29)33-17-5-3-12(24)7-13(14)17/h2-8H,9H2,1H3,(H,34,37). The predicted octanol–water partition coefficient (Wildman–Crippen LogP) is 7.12. The maximum Gasteiger partial charge on any atom is 0.437 e. The van der Waals surface area contributed by atoms with Crippen LogP contribution in [0.4, 0.5) is 40.8 Å². The number of fused-ring (bicyclic) bond motifs is 1. The van der Waals surface area contributed by atoms with Crippen molar-refractivity contribution in [1.29, 1.82) is 0 Å². The molecule has 0 aliphatic carbocycles. The van der Waals surface area contributed by atoms with Gasteiger partial charge in [-0.25, -0.2) is 13.8 Å². The number of hydrogen-bond acceptors (Lipinski definition) is 3. The fraction of sp³-hybridized carbons (Fsp3) is 0.174. The van der Waals surface area contributed by atoms with Crippen LogP contribution in [0.1, 0.15) is 33.0 Å². The summed E-state index contributed by atoms with van der Waals surface area (Å²) in [7, 11) is 0. The van der Waals surface area contributed by atoms with Crippen LogP contribution in [0.5, 0.6) is 0 Å². The summed E-state index contributed by atoms with van der Waals surface area (Å²) in [4.78, 5) is 16.6. The Balaban J connectivity index is 1.80. The fourth-order valence-corrected chi connectivity index (χ4v) is 3.93. The molecule has 0 aliphatic heterocycles. The normalized spacial score (nSPS) is 12.3. The summed E-state index contributed by atoms with van der Waals surface area (Å²) >= 11 is 3.14. The van der Waals surface area contributed by atoms with Crippen LogP contribution in [-0.4, -0.2) is 20.7 Å². The quantitative estimate of drug-likeness (QED) is 0.257. The summed E-state index contributed by atoms with van der Waals surface area (Å²) in [5, 5.41) is 5.46. The molecule has 2 aromatic carbocycles. The Labute approximate surface area is 211 Å². The van der Waals surface area contributed by atoms with Gasteiger partial charge in [-0.2, -0.15) is 31.4 Å². The first-order valence-electron chi connectivity index (χ1n) is 10.2. The molecule has 0 unspecified atom stereocenters. The van der Waals surface area contributed by atoms with Gasteiger partial charge >= 0.3 is 12.4 Å². The van der Waals surface area contributed by atoms with E-state index < -0.39 is 59.1 Å². The molecule has 194 valence electrons. The Morgan fingerprint density at radius 3 is 2.30 bits per heavy atom. The Morgan fingerprint density at radius 1 is 0.973 bits per heavy atom. The molecule has 4 rings (SSSR count). The second-order valence-corrected chi connectivity index (χ2v) is 8.80. The van der Waals surface area contributed by atoms with E-state index in [1.165, 1.54) is 25.1 Å². The van der Waals surface area contributed by atoms with Crippen LogP contribution in [0.3, 0.4) is 0 Å². The lowest BCUT2D eigenvalue weighted by Crippen LogP contribution is -2.18. The molecule has 0 aliphatic rings. The summed E-state index contributed by atoms with van der Waals surface area (Å²) in [5.74, 6) is -3.64. The number of rotatable bonds is 4. The highest BCUT2D eigenvalue weighted by atomic mass is 79.9. The van der Waals surface area contributed by atoms with Gasteiger partial charge in [0.2, 0.25) is 0 Å². The van der Waals surface area contributed by atoms with Crippen molar-refractivity contribution in [3.05, 3.63) is 86.8 Å². The number of nitrogens with one attached hydrogen (secondary N) is 1. The lowest BCUT2D eigenvalue weighted by molar-refractivity contribution is -0.141. The number of amides is 1. The maximum absolute atomic E-state index is 13.8. The summed E-state index contributed by atoms with van der Waals surface area (Å²) in [6.07, 6.45) is -9.99. The molecule has 0 fully saturated rings. The van der Waals surface area contributed by atoms with Gasteiger partial charge in [-0.3, -0.25) is 9.48 Å². The maximum atomic E-state index is 13.8. The van der Waals surface area contributed by atoms with Gasteiger partial charge in [-0.1, -0.05) is 22.0 Å². The molecule has 0 spiro atoms. The SMILES string of the molecule is Cc1c(NC(=O)c2cc(C(F)(F)F)nc3ccc(Br)cc23)c(C(F)(F)F)nn1Cc1ccc(F)c(F)c1. The van der Waals surface area contributed by atoms with Crippen LogP contribution in [0, 0.1) is 18.6 Å². The minimum atomic E-state index is -5.06. The van der Waals surface area contributed by atoms with E-state index in [1.54, 1.807) is 0 Å². The Kier molecular flexibility index (Phi) is 6.73. The number of alkyl halides is 6. The largest absolute Gasteiger partial charge is 0.437 e. The second-order valence-electron chi connectivity index (χ2n) is 7.88. The van der Waals surface area contributed by atoms with Gasteiger partial charge in [-0.15, -0.1) is 0 Å². The Bertz CT molecular complexity index is 1530. The van der Waals surface area contributed by atoms with Crippen molar-refractivity contribution in [2.24, 2.45) is 0 Å². The Hall–Kier alpha value is -3.55. The van der Waals surface area contributed by atoms with Crippen molar-refractivity contribution >= 4 is 38.4 Å². The molecular formula is C23H13BrF8N4O. The van der Waals surface area contributed by atoms with E-state index in [4.69, 9.17) is 0 Å². The monoisotopic (exact) mass is 592 g/mol. The number of aromatic nitrogens is 3. The van der Waals surface area contributed by atoms with Crippen LogP contribution in [0.25, 0.3) is 10.9 Å². The summed E-state index contributed by atoms with van der Waals surface area (Å²) in [6, 6.07) is 7.08. The fourth-order valence-electron chi connectivity index (χ4n) is 3.57. The molecule has 0 radical (unpaired) electrons. The van der Waals surface area contributed by atoms with E-state index in [0.717, 1.165) is 22.9 Å². The average Bonchev–Trinajstić information content (AvgIpc) is 3.10. The first-order chi connectivity index (χ1) is 17.1. The smallest absolute Gasteiger partial charge is 0.319 e. The van der Waals surface area contributed by atoms with E-state index in [0.29, 0.717) is 10.5 Å². The van der Waals surface area contributed by atoms with Crippen LogP contribution in [0.15, 0.2) is 46.9 Å². The van der Waals surface area contributed by atoms with Crippen molar-refractivity contribution < 1.29 is 39.9 Å². The number of benzene rings is 2. The van der Waals surface area contributed by atoms with Gasteiger partial charge in [0.1, 0.15) is 5.69 Å². The van der Waals surface area contributed by atoms with Crippen LogP contribution in [-0.2, 0) is 18.9 Å². The lowest BCUT2D eigenvalue weighted by Gasteiger charge is -2.13. The van der Waals surface area contributed by atoms with Gasteiger partial charge in [-0.05, 0) is 48.9 Å². The molecule has 37 heavy (non-hydrogen) atoms. The number of carbonyl (C=O) groups is 1. The topological polar surface area (TPSA) is 59.8 Å². The van der Waals surface area contributed by atoms with Crippen LogP contribution in [0.2, 0.25) is 0 Å². The number of hydrogen-bond donors (Lipinski definition) is 1. The number of pyridine rings is 1. The molecule has 2 heterocycles. The van der Waals surface area contributed by atoms with E-state index >= 15 is 0 Å². The van der Waals surface area contributed by atoms with Crippen molar-refractivity contribution in [1.82, 2.24) is 14.8 Å². The first-order valence-corrected chi connectivity index (χ1v) is 11.0. The van der Waals surface area contributed by atoms with Gasteiger partial charge in [0.25, 0.3) is 5.91 Å². The van der Waals surface area contributed by atoms with Gasteiger partial charge in [0.15, 0.2) is 17.3 Å². The van der Waals surface area contributed by atoms with Crippen molar-refractivity contribution in [2.45, 2.75) is 25.8 Å². The highest BCUT2D eigenvalue weighted by Crippen LogP contribution is 2.37. The molecule has 1 amide bonds. The summed E-state index contributed by atoms with van der Waals surface area (Å²) in [6.45, 7) is 0.769. The van der Waals surface area contributed by atoms with Gasteiger partial charge in [0.05, 0.1) is 29.0 Å². The van der Waals surface area contributed by atoms with Crippen molar-refractivity contribution in [2.75, 3.05) is 5.32 Å². The highest BCUT2D eigenvalue weighted by Gasteiger charge is 2.40. The molecule has 4 aromatic rings. The van der Waals surface area contributed by atoms with E-state index in [9.17, 15) is 39.9 Å². The zero-order chi connectivity index (χ0) is 27.3. The van der Waals surface area contributed by atoms with Crippen molar-refractivity contribution in [3.63, 3.8) is 0 Å². The molecule has 5 nitrogen and oxygen atoms in total. The molecule has 14 heteroatoms. The number of carbonyl (C=O) groups excluding carboxylic acids is 1. The Morgan fingerprint density at radius 2 is 1.68 bits per heavy atom. The summed E-state index contributed by atoms with van der Waals surface area (Å²) < 4.78 is 109. The van der Waals surface area contributed by atoms with Crippen LogP contribution < -0.4 is 5.32 Å². The predicted molar refractivity (Wildman–Crippen MR) is 120 cm³/mol. The van der Waals surface area contributed by atoms with E-state index in [1.807, 2.05) is 5.32 Å².